The summed E-state index contributed by atoms with van der Waals surface area (Å²) in [5.74, 6) is 0.674. The van der Waals surface area contributed by atoms with Crippen molar-refractivity contribution in [3.05, 3.63) is 59.7 Å². The molecule has 2 amide bonds. The predicted molar refractivity (Wildman–Crippen MR) is 126 cm³/mol. The van der Waals surface area contributed by atoms with Gasteiger partial charge in [0.15, 0.2) is 0 Å². The van der Waals surface area contributed by atoms with Crippen LogP contribution in [0.15, 0.2) is 48.5 Å². The van der Waals surface area contributed by atoms with E-state index in [1.165, 1.54) is 49.7 Å². The van der Waals surface area contributed by atoms with Crippen LogP contribution in [-0.4, -0.2) is 11.8 Å². The standard InChI is InChI=1S/C27H34N2O2/c30-26(22-7-3-1-4-8-22)28-24-15-11-20(12-16-24)19-21-13-17-25(18-14-21)29-27(31)23-9-5-2-6-10-23/h11-18,22-23H,1-10,19H2,(H,28,30)(H,29,31). The van der Waals surface area contributed by atoms with Gasteiger partial charge in [-0.25, -0.2) is 0 Å². The zero-order valence-corrected chi connectivity index (χ0v) is 18.4. The Morgan fingerprint density at radius 2 is 0.935 bits per heavy atom. The maximum atomic E-state index is 12.4. The summed E-state index contributed by atoms with van der Waals surface area (Å²) < 4.78 is 0. The lowest BCUT2D eigenvalue weighted by atomic mass is 9.88. The highest BCUT2D eigenvalue weighted by Gasteiger charge is 2.22. The molecule has 4 heteroatoms. The highest BCUT2D eigenvalue weighted by molar-refractivity contribution is 5.93. The van der Waals surface area contributed by atoms with Gasteiger partial charge in [-0.15, -0.1) is 0 Å². The first-order valence-corrected chi connectivity index (χ1v) is 12.0. The van der Waals surface area contributed by atoms with E-state index in [0.29, 0.717) is 0 Å². The Balaban J connectivity index is 1.27. The van der Waals surface area contributed by atoms with Crippen molar-refractivity contribution in [2.24, 2.45) is 11.8 Å². The zero-order chi connectivity index (χ0) is 21.5. The second kappa shape index (κ2) is 10.6. The minimum Gasteiger partial charge on any atom is -0.326 e. The maximum Gasteiger partial charge on any atom is 0.227 e. The molecule has 0 aromatic heterocycles. The minimum absolute atomic E-state index is 0.165. The van der Waals surface area contributed by atoms with Crippen LogP contribution in [0.4, 0.5) is 11.4 Å². The summed E-state index contributed by atoms with van der Waals surface area (Å²) >= 11 is 0. The molecule has 31 heavy (non-hydrogen) atoms. The number of carbonyl (C=O) groups is 2. The molecule has 164 valence electrons. The third kappa shape index (κ3) is 6.19. The molecule has 0 spiro atoms. The molecular weight excluding hydrogens is 384 g/mol. The molecule has 0 aliphatic heterocycles. The first-order chi connectivity index (χ1) is 15.2. The van der Waals surface area contributed by atoms with Gasteiger partial charge in [-0.1, -0.05) is 62.8 Å². The number of anilines is 2. The van der Waals surface area contributed by atoms with Crippen molar-refractivity contribution >= 4 is 23.2 Å². The number of hydrogen-bond donors (Lipinski definition) is 2. The molecule has 4 nitrogen and oxygen atoms in total. The van der Waals surface area contributed by atoms with Crippen LogP contribution in [0.25, 0.3) is 0 Å². The van der Waals surface area contributed by atoms with Crippen LogP contribution in [0.2, 0.25) is 0 Å². The molecule has 2 saturated carbocycles. The summed E-state index contributed by atoms with van der Waals surface area (Å²) in [5, 5.41) is 6.15. The average Bonchev–Trinajstić information content (AvgIpc) is 2.82. The third-order valence-electron chi connectivity index (χ3n) is 6.80. The molecule has 0 radical (unpaired) electrons. The molecule has 0 heterocycles. The van der Waals surface area contributed by atoms with E-state index in [1.807, 2.05) is 24.3 Å². The molecule has 2 N–H and O–H groups in total. The van der Waals surface area contributed by atoms with Gasteiger partial charge in [-0.05, 0) is 67.5 Å². The van der Waals surface area contributed by atoms with Crippen LogP contribution in [0.1, 0.15) is 75.3 Å². The molecule has 2 aromatic carbocycles. The van der Waals surface area contributed by atoms with Gasteiger partial charge in [-0.2, -0.15) is 0 Å². The Morgan fingerprint density at radius 1 is 0.581 bits per heavy atom. The fourth-order valence-corrected chi connectivity index (χ4v) is 4.87. The van der Waals surface area contributed by atoms with Gasteiger partial charge in [0.1, 0.15) is 0 Å². The monoisotopic (exact) mass is 418 g/mol. The quantitative estimate of drug-likeness (QED) is 0.577. The van der Waals surface area contributed by atoms with E-state index in [2.05, 4.69) is 34.9 Å². The number of carbonyl (C=O) groups excluding carboxylic acids is 2. The summed E-state index contributed by atoms with van der Waals surface area (Å²) in [6, 6.07) is 16.3. The lowest BCUT2D eigenvalue weighted by Crippen LogP contribution is -2.24. The highest BCUT2D eigenvalue weighted by Crippen LogP contribution is 2.26. The lowest BCUT2D eigenvalue weighted by molar-refractivity contribution is -0.121. The first kappa shape index (κ1) is 21.6. The van der Waals surface area contributed by atoms with Gasteiger partial charge in [0.2, 0.25) is 11.8 Å². The van der Waals surface area contributed by atoms with Crippen LogP contribution < -0.4 is 10.6 Å². The Bertz CT molecular complexity index is 788. The van der Waals surface area contributed by atoms with E-state index >= 15 is 0 Å². The van der Waals surface area contributed by atoms with E-state index < -0.39 is 0 Å². The predicted octanol–water partition coefficient (Wildman–Crippen LogP) is 6.32. The zero-order valence-electron chi connectivity index (χ0n) is 18.4. The molecule has 2 aliphatic carbocycles. The van der Waals surface area contributed by atoms with Gasteiger partial charge in [0.25, 0.3) is 0 Å². The van der Waals surface area contributed by atoms with Gasteiger partial charge in [0.05, 0.1) is 0 Å². The Hall–Kier alpha value is -2.62. The fraction of sp³-hybridized carbons (Fsp3) is 0.481. The Labute approximate surface area is 185 Å². The summed E-state index contributed by atoms with van der Waals surface area (Å²) in [6.45, 7) is 0. The number of benzene rings is 2. The summed E-state index contributed by atoms with van der Waals surface area (Å²) in [4.78, 5) is 24.8. The van der Waals surface area contributed by atoms with Crippen LogP contribution in [0.5, 0.6) is 0 Å². The second-order valence-corrected chi connectivity index (χ2v) is 9.22. The number of amides is 2. The van der Waals surface area contributed by atoms with Crippen LogP contribution in [0, 0.1) is 11.8 Å². The average molecular weight is 419 g/mol. The van der Waals surface area contributed by atoms with E-state index in [9.17, 15) is 9.59 Å². The summed E-state index contributed by atoms with van der Waals surface area (Å²) in [7, 11) is 0. The normalized spacial score (nSPS) is 17.8. The first-order valence-electron chi connectivity index (χ1n) is 12.0. The number of rotatable bonds is 6. The molecule has 0 atom stereocenters. The van der Waals surface area contributed by atoms with Crippen molar-refractivity contribution in [1.29, 1.82) is 0 Å². The van der Waals surface area contributed by atoms with Gasteiger partial charge >= 0.3 is 0 Å². The van der Waals surface area contributed by atoms with Gasteiger partial charge in [-0.3, -0.25) is 9.59 Å². The molecule has 2 aromatic rings. The number of hydrogen-bond acceptors (Lipinski definition) is 2. The van der Waals surface area contributed by atoms with E-state index in [-0.39, 0.29) is 23.7 Å². The second-order valence-electron chi connectivity index (χ2n) is 9.22. The van der Waals surface area contributed by atoms with E-state index in [1.54, 1.807) is 0 Å². The highest BCUT2D eigenvalue weighted by atomic mass is 16.2. The van der Waals surface area contributed by atoms with Crippen molar-refractivity contribution in [3.63, 3.8) is 0 Å². The van der Waals surface area contributed by atoms with Crippen LogP contribution in [-0.2, 0) is 16.0 Å². The third-order valence-corrected chi connectivity index (χ3v) is 6.80. The Kier molecular flexibility index (Phi) is 7.39. The van der Waals surface area contributed by atoms with Crippen molar-refractivity contribution in [3.8, 4) is 0 Å². The van der Waals surface area contributed by atoms with E-state index in [4.69, 9.17) is 0 Å². The maximum absolute atomic E-state index is 12.4. The fourth-order valence-electron chi connectivity index (χ4n) is 4.87. The molecule has 0 bridgehead atoms. The van der Waals surface area contributed by atoms with Gasteiger partial charge < -0.3 is 10.6 Å². The van der Waals surface area contributed by atoms with Crippen LogP contribution in [0.3, 0.4) is 0 Å². The number of nitrogens with one attached hydrogen (secondary N) is 2. The minimum atomic E-state index is 0.165. The summed E-state index contributed by atoms with van der Waals surface area (Å²) in [5.41, 5.74) is 4.16. The van der Waals surface area contributed by atoms with Gasteiger partial charge in [0, 0.05) is 23.2 Å². The topological polar surface area (TPSA) is 58.2 Å². The lowest BCUT2D eigenvalue weighted by Gasteiger charge is -2.21. The smallest absolute Gasteiger partial charge is 0.227 e. The molecule has 2 fully saturated rings. The van der Waals surface area contributed by atoms with Crippen molar-refractivity contribution in [1.82, 2.24) is 0 Å². The molecule has 4 rings (SSSR count). The molecule has 0 unspecified atom stereocenters. The Morgan fingerprint density at radius 3 is 1.29 bits per heavy atom. The largest absolute Gasteiger partial charge is 0.326 e. The van der Waals surface area contributed by atoms with Crippen molar-refractivity contribution < 1.29 is 9.59 Å². The molecular formula is C27H34N2O2. The molecule has 0 saturated heterocycles. The van der Waals surface area contributed by atoms with Crippen LogP contribution >= 0.6 is 0 Å². The van der Waals surface area contributed by atoms with Crippen molar-refractivity contribution in [2.45, 2.75) is 70.6 Å². The summed E-state index contributed by atoms with van der Waals surface area (Å²) in [6.07, 6.45) is 12.1. The molecule has 2 aliphatic rings. The van der Waals surface area contributed by atoms with Crippen molar-refractivity contribution in [2.75, 3.05) is 10.6 Å². The van der Waals surface area contributed by atoms with E-state index in [0.717, 1.165) is 43.5 Å². The SMILES string of the molecule is O=C(Nc1ccc(Cc2ccc(NC(=O)C3CCCCC3)cc2)cc1)C1CCCCC1.